The zero-order chi connectivity index (χ0) is 19.0. The number of hydrogen-bond acceptors (Lipinski definition) is 5. The van der Waals surface area contributed by atoms with E-state index >= 15 is 0 Å². The fourth-order valence-electron chi connectivity index (χ4n) is 2.08. The second-order valence-corrected chi connectivity index (χ2v) is 5.13. The summed E-state index contributed by atoms with van der Waals surface area (Å²) in [5.74, 6) is 0. The molecule has 0 aliphatic heterocycles. The number of hydrogen-bond donors (Lipinski definition) is 1. The van der Waals surface area contributed by atoms with Crippen molar-refractivity contribution in [1.82, 2.24) is 0 Å². The highest BCUT2D eigenvalue weighted by atomic mass is 19.4. The maximum Gasteiger partial charge on any atom is 0.414 e. The monoisotopic (exact) mass is 365 g/mol. The number of halogens is 4. The third-order valence-electron chi connectivity index (χ3n) is 3.07. The van der Waals surface area contributed by atoms with Crippen LogP contribution in [0.25, 0.3) is 0 Å². The van der Waals surface area contributed by atoms with Crippen LogP contribution in [0.4, 0.5) is 33.7 Å². The van der Waals surface area contributed by atoms with Crippen LogP contribution in [0.1, 0.15) is 0 Å². The van der Waals surface area contributed by atoms with Crippen molar-refractivity contribution in [2.75, 3.05) is 43.1 Å². The maximum absolute atomic E-state index is 13.5. The number of nitrogens with zero attached hydrogens (tertiary/aromatic N) is 2. The molecule has 1 amide bonds. The summed E-state index contributed by atoms with van der Waals surface area (Å²) in [7, 11) is 1.18. The molecule has 0 unspecified atom stereocenters. The van der Waals surface area contributed by atoms with Crippen molar-refractivity contribution >= 4 is 23.8 Å². The summed E-state index contributed by atoms with van der Waals surface area (Å²) < 4.78 is 56.3. The van der Waals surface area contributed by atoms with E-state index in [1.165, 1.54) is 31.3 Å². The van der Waals surface area contributed by atoms with Crippen molar-refractivity contribution < 1.29 is 31.9 Å². The molecule has 0 radical (unpaired) electrons. The molecule has 0 aliphatic rings. The van der Waals surface area contributed by atoms with Gasteiger partial charge in [0.25, 0.3) is 0 Å². The van der Waals surface area contributed by atoms with Gasteiger partial charge in [-0.05, 0) is 12.1 Å². The van der Waals surface area contributed by atoms with Crippen molar-refractivity contribution in [1.29, 1.82) is 0 Å². The van der Waals surface area contributed by atoms with Crippen molar-refractivity contribution in [3.05, 3.63) is 24.3 Å². The molecule has 1 aromatic rings. The van der Waals surface area contributed by atoms with Crippen LogP contribution in [0.15, 0.2) is 24.3 Å². The fourth-order valence-corrected chi connectivity index (χ4v) is 2.08. The third kappa shape index (κ3) is 6.57. The molecule has 25 heavy (non-hydrogen) atoms. The van der Waals surface area contributed by atoms with Crippen LogP contribution in [0.3, 0.4) is 0 Å². The molecule has 1 rings (SSSR count). The first-order chi connectivity index (χ1) is 11.7. The summed E-state index contributed by atoms with van der Waals surface area (Å²) in [5, 5.41) is 0. The highest BCUT2D eigenvalue weighted by molar-refractivity contribution is 5.93. The van der Waals surface area contributed by atoms with Gasteiger partial charge >= 0.3 is 12.3 Å². The van der Waals surface area contributed by atoms with Crippen LogP contribution >= 0.6 is 0 Å². The maximum atomic E-state index is 13.5. The average Bonchev–Trinajstić information content (AvgIpc) is 2.55. The van der Waals surface area contributed by atoms with E-state index in [0.717, 1.165) is 9.80 Å². The molecule has 0 heterocycles. The molecule has 0 fully saturated rings. The van der Waals surface area contributed by atoms with Gasteiger partial charge in [-0.25, -0.2) is 9.18 Å². The molecular weight excluding hydrogens is 346 g/mol. The Balaban J connectivity index is 3.20. The number of anilines is 2. The Morgan fingerprint density at radius 1 is 1.32 bits per heavy atom. The van der Waals surface area contributed by atoms with Crippen molar-refractivity contribution in [2.45, 2.75) is 12.3 Å². The lowest BCUT2D eigenvalue weighted by molar-refractivity contribution is -0.119. The molecule has 0 saturated carbocycles. The predicted octanol–water partition coefficient (Wildman–Crippen LogP) is 2.12. The Labute approximate surface area is 142 Å². The van der Waals surface area contributed by atoms with Gasteiger partial charge in [-0.2, -0.15) is 13.2 Å². The second-order valence-electron chi connectivity index (χ2n) is 5.13. The number of para-hydroxylation sites is 2. The number of amides is 1. The van der Waals surface area contributed by atoms with Gasteiger partial charge in [0.05, 0.1) is 17.9 Å². The number of carbonyl (C=O) groups is 2. The van der Waals surface area contributed by atoms with Crippen molar-refractivity contribution in [3.63, 3.8) is 0 Å². The lowest BCUT2D eigenvalue weighted by atomic mass is 10.2. The lowest BCUT2D eigenvalue weighted by Crippen LogP contribution is -2.39. The fraction of sp³-hybridized carbons (Fsp3) is 0.467. The largest absolute Gasteiger partial charge is 0.448 e. The molecule has 1 aromatic carbocycles. The summed E-state index contributed by atoms with van der Waals surface area (Å²) in [4.78, 5) is 24.4. The van der Waals surface area contributed by atoms with Gasteiger partial charge in [0, 0.05) is 13.6 Å². The molecule has 6 nitrogen and oxygen atoms in total. The van der Waals surface area contributed by atoms with E-state index in [1.807, 2.05) is 0 Å². The molecule has 0 bridgehead atoms. The number of ether oxygens (including phenoxy) is 1. The van der Waals surface area contributed by atoms with Gasteiger partial charge in [0.2, 0.25) is 0 Å². The van der Waals surface area contributed by atoms with Gasteiger partial charge in [-0.1, -0.05) is 12.1 Å². The molecule has 0 spiro atoms. The smallest absolute Gasteiger partial charge is 0.414 e. The Bertz CT molecular complexity index is 583. The second kappa shape index (κ2) is 9.21. The predicted molar refractivity (Wildman–Crippen MR) is 84.5 cm³/mol. The van der Waals surface area contributed by atoms with E-state index < -0.39 is 31.5 Å². The first-order valence-electron chi connectivity index (χ1n) is 7.30. The Morgan fingerprint density at radius 3 is 2.44 bits per heavy atom. The first kappa shape index (κ1) is 20.7. The third-order valence-corrected chi connectivity index (χ3v) is 3.07. The number of alkyl halides is 4. The highest BCUT2D eigenvalue weighted by Gasteiger charge is 2.31. The molecule has 0 aliphatic carbocycles. The zero-order valence-corrected chi connectivity index (χ0v) is 13.5. The van der Waals surface area contributed by atoms with Crippen LogP contribution in [0.2, 0.25) is 0 Å². The summed E-state index contributed by atoms with van der Waals surface area (Å²) >= 11 is 0. The molecule has 0 aromatic heterocycles. The summed E-state index contributed by atoms with van der Waals surface area (Å²) in [6.07, 6.45) is -7.52. The van der Waals surface area contributed by atoms with Gasteiger partial charge in [-0.3, -0.25) is 4.90 Å². The Kier molecular flexibility index (Phi) is 7.62. The van der Waals surface area contributed by atoms with Crippen LogP contribution in [-0.4, -0.2) is 58.0 Å². The van der Waals surface area contributed by atoms with Gasteiger partial charge < -0.3 is 20.2 Å². The van der Waals surface area contributed by atoms with Crippen LogP contribution in [0.5, 0.6) is 0 Å². The van der Waals surface area contributed by atoms with Crippen molar-refractivity contribution in [2.24, 2.45) is 5.73 Å². The van der Waals surface area contributed by atoms with Gasteiger partial charge in [0.15, 0.2) is 12.5 Å². The van der Waals surface area contributed by atoms with E-state index in [9.17, 15) is 27.2 Å². The van der Waals surface area contributed by atoms with Gasteiger partial charge in [-0.15, -0.1) is 0 Å². The SMILES string of the molecule is CN(CC(F)(F)F)c1ccccc1N(C[C@H](F)C=O)C(=O)OCCN. The molecule has 1 atom stereocenters. The summed E-state index contributed by atoms with van der Waals surface area (Å²) in [6.45, 7) is -2.11. The Hall–Kier alpha value is -2.36. The highest BCUT2D eigenvalue weighted by Crippen LogP contribution is 2.31. The number of rotatable bonds is 8. The van der Waals surface area contributed by atoms with Crippen LogP contribution in [0, 0.1) is 0 Å². The quantitative estimate of drug-likeness (QED) is 0.564. The standard InChI is InChI=1S/C15H19F4N3O3/c1-21(10-15(17,18)19)12-4-2-3-5-13(12)22(8-11(16)9-23)14(24)25-7-6-20/h2-5,9,11H,6-8,10,20H2,1H3/t11-/m0/s1. The van der Waals surface area contributed by atoms with Crippen molar-refractivity contribution in [3.8, 4) is 0 Å². The summed E-state index contributed by atoms with van der Waals surface area (Å²) in [5.41, 5.74) is 5.25. The molecule has 0 saturated heterocycles. The molecule has 2 N–H and O–H groups in total. The summed E-state index contributed by atoms with van der Waals surface area (Å²) in [6, 6.07) is 5.63. The zero-order valence-electron chi connectivity index (χ0n) is 13.5. The molecular formula is C15H19F4N3O3. The minimum absolute atomic E-state index is 0.00868. The average molecular weight is 365 g/mol. The number of carbonyl (C=O) groups excluding carboxylic acids is 2. The van der Waals surface area contributed by atoms with E-state index in [1.54, 1.807) is 0 Å². The minimum Gasteiger partial charge on any atom is -0.448 e. The minimum atomic E-state index is -4.47. The molecule has 140 valence electrons. The van der Waals surface area contributed by atoms with Crippen LogP contribution in [-0.2, 0) is 9.53 Å². The van der Waals surface area contributed by atoms with Crippen LogP contribution < -0.4 is 15.5 Å². The van der Waals surface area contributed by atoms with E-state index in [-0.39, 0.29) is 30.8 Å². The number of nitrogens with two attached hydrogens (primary N) is 1. The van der Waals surface area contributed by atoms with E-state index in [2.05, 4.69) is 0 Å². The normalized spacial score (nSPS) is 12.4. The topological polar surface area (TPSA) is 75.9 Å². The molecule has 10 heteroatoms. The van der Waals surface area contributed by atoms with E-state index in [0.29, 0.717) is 0 Å². The van der Waals surface area contributed by atoms with Gasteiger partial charge in [0.1, 0.15) is 13.2 Å². The number of benzene rings is 1. The Morgan fingerprint density at radius 2 is 1.92 bits per heavy atom. The van der Waals surface area contributed by atoms with E-state index in [4.69, 9.17) is 10.5 Å². The first-order valence-corrected chi connectivity index (χ1v) is 7.30. The lowest BCUT2D eigenvalue weighted by Gasteiger charge is -2.29. The number of aldehydes is 1.